The van der Waals surface area contributed by atoms with Crippen molar-refractivity contribution in [2.45, 2.75) is 19.3 Å². The fourth-order valence-corrected chi connectivity index (χ4v) is 1.65. The van der Waals surface area contributed by atoms with Crippen LogP contribution in [-0.4, -0.2) is 24.0 Å². The Balaban J connectivity index is 1.77. The summed E-state index contributed by atoms with van der Waals surface area (Å²) in [5, 5.41) is 2.93. The van der Waals surface area contributed by atoms with Gasteiger partial charge >= 0.3 is 0 Å². The molecule has 0 bridgehead atoms. The Bertz CT molecular complexity index is 360. The number of carbonyl (C=O) groups excluding carboxylic acids is 1. The summed E-state index contributed by atoms with van der Waals surface area (Å²) in [4.78, 5) is 15.7. The van der Waals surface area contributed by atoms with E-state index in [1.54, 1.807) is 6.20 Å². The molecule has 1 aromatic rings. The maximum absolute atomic E-state index is 11.6. The van der Waals surface area contributed by atoms with Crippen LogP contribution < -0.4 is 11.1 Å². The summed E-state index contributed by atoms with van der Waals surface area (Å²) in [5.41, 5.74) is 6.64. The average Bonchev–Trinajstić information content (AvgIpc) is 3.09. The largest absolute Gasteiger partial charge is 0.355 e. The summed E-state index contributed by atoms with van der Waals surface area (Å²) in [6.45, 7) is 1.37. The van der Waals surface area contributed by atoms with Crippen LogP contribution in [0.5, 0.6) is 0 Å². The molecule has 0 spiro atoms. The predicted molar refractivity (Wildman–Crippen MR) is 61.7 cm³/mol. The lowest BCUT2D eigenvalue weighted by Gasteiger charge is -2.12. The number of nitrogens with zero attached hydrogens (tertiary/aromatic N) is 1. The van der Waals surface area contributed by atoms with Gasteiger partial charge in [0.15, 0.2) is 0 Å². The highest BCUT2D eigenvalue weighted by molar-refractivity contribution is 5.78. The van der Waals surface area contributed by atoms with Crippen molar-refractivity contribution in [3.63, 3.8) is 0 Å². The van der Waals surface area contributed by atoms with Crippen LogP contribution in [0.3, 0.4) is 0 Å². The molecule has 4 heteroatoms. The third-order valence-corrected chi connectivity index (χ3v) is 3.12. The quantitative estimate of drug-likeness (QED) is 0.757. The second kappa shape index (κ2) is 4.61. The Morgan fingerprint density at radius 1 is 1.50 bits per heavy atom. The number of hydrogen-bond acceptors (Lipinski definition) is 3. The molecule has 1 fully saturated rings. The molecule has 0 saturated heterocycles. The van der Waals surface area contributed by atoms with Crippen molar-refractivity contribution in [3.8, 4) is 0 Å². The fourth-order valence-electron chi connectivity index (χ4n) is 1.65. The van der Waals surface area contributed by atoms with Crippen LogP contribution in [-0.2, 0) is 11.2 Å². The van der Waals surface area contributed by atoms with E-state index in [4.69, 9.17) is 5.73 Å². The zero-order valence-electron chi connectivity index (χ0n) is 9.28. The summed E-state index contributed by atoms with van der Waals surface area (Å²) < 4.78 is 0. The highest BCUT2D eigenvalue weighted by Gasteiger charge is 2.41. The standard InChI is InChI=1S/C12H17N3O/c13-8-12(4-5-12)9-15-11(16)7-10-3-1-2-6-14-10/h1-3,6H,4-5,7-9,13H2,(H,15,16). The summed E-state index contributed by atoms with van der Waals surface area (Å²) in [6.07, 6.45) is 4.31. The molecule has 0 unspecified atom stereocenters. The molecule has 0 aromatic carbocycles. The highest BCUT2D eigenvalue weighted by atomic mass is 16.1. The van der Waals surface area contributed by atoms with Crippen LogP contribution in [0.15, 0.2) is 24.4 Å². The maximum atomic E-state index is 11.6. The number of pyridine rings is 1. The van der Waals surface area contributed by atoms with E-state index in [0.29, 0.717) is 19.5 Å². The van der Waals surface area contributed by atoms with Crippen molar-refractivity contribution in [1.29, 1.82) is 0 Å². The molecule has 1 amide bonds. The van der Waals surface area contributed by atoms with Gasteiger partial charge in [-0.1, -0.05) is 6.07 Å². The lowest BCUT2D eigenvalue weighted by Crippen LogP contribution is -2.34. The number of hydrogen-bond donors (Lipinski definition) is 2. The second-order valence-corrected chi connectivity index (χ2v) is 4.48. The fraction of sp³-hybridized carbons (Fsp3) is 0.500. The van der Waals surface area contributed by atoms with E-state index < -0.39 is 0 Å². The molecular weight excluding hydrogens is 202 g/mol. The first-order valence-electron chi connectivity index (χ1n) is 5.61. The minimum atomic E-state index is 0.0263. The lowest BCUT2D eigenvalue weighted by atomic mass is 10.1. The predicted octanol–water partition coefficient (Wildman–Crippen LogP) is 0.479. The smallest absolute Gasteiger partial charge is 0.226 e. The van der Waals surface area contributed by atoms with E-state index in [2.05, 4.69) is 10.3 Å². The topological polar surface area (TPSA) is 68.0 Å². The van der Waals surface area contributed by atoms with E-state index in [-0.39, 0.29) is 11.3 Å². The first-order valence-corrected chi connectivity index (χ1v) is 5.61. The SMILES string of the molecule is NCC1(CNC(=O)Cc2ccccn2)CC1. The molecule has 86 valence electrons. The first-order chi connectivity index (χ1) is 7.74. The van der Waals surface area contributed by atoms with Crippen LogP contribution >= 0.6 is 0 Å². The maximum Gasteiger partial charge on any atom is 0.226 e. The second-order valence-electron chi connectivity index (χ2n) is 4.48. The molecule has 1 aliphatic rings. The molecule has 2 rings (SSSR count). The molecular formula is C12H17N3O. The molecule has 0 atom stereocenters. The van der Waals surface area contributed by atoms with Gasteiger partial charge in [0, 0.05) is 18.4 Å². The molecule has 1 heterocycles. The Morgan fingerprint density at radius 2 is 2.31 bits per heavy atom. The summed E-state index contributed by atoms with van der Waals surface area (Å²) in [7, 11) is 0. The molecule has 4 nitrogen and oxygen atoms in total. The summed E-state index contributed by atoms with van der Waals surface area (Å²) >= 11 is 0. The van der Waals surface area contributed by atoms with Crippen molar-refractivity contribution in [2.75, 3.05) is 13.1 Å². The molecule has 1 aromatic heterocycles. The molecule has 3 N–H and O–H groups in total. The third-order valence-electron chi connectivity index (χ3n) is 3.12. The van der Waals surface area contributed by atoms with Crippen molar-refractivity contribution >= 4 is 5.91 Å². The minimum Gasteiger partial charge on any atom is -0.355 e. The summed E-state index contributed by atoms with van der Waals surface area (Å²) in [5.74, 6) is 0.0263. The first kappa shape index (κ1) is 11.1. The normalized spacial score (nSPS) is 16.8. The zero-order chi connectivity index (χ0) is 11.4. The summed E-state index contributed by atoms with van der Waals surface area (Å²) in [6, 6.07) is 5.59. The van der Waals surface area contributed by atoms with Gasteiger partial charge in [0.2, 0.25) is 5.91 Å². The van der Waals surface area contributed by atoms with E-state index in [1.807, 2.05) is 18.2 Å². The number of aromatic nitrogens is 1. The van der Waals surface area contributed by atoms with E-state index in [1.165, 1.54) is 0 Å². The highest BCUT2D eigenvalue weighted by Crippen LogP contribution is 2.43. The van der Waals surface area contributed by atoms with Crippen molar-refractivity contribution in [3.05, 3.63) is 30.1 Å². The van der Waals surface area contributed by atoms with Gasteiger partial charge in [-0.2, -0.15) is 0 Å². The molecule has 0 radical (unpaired) electrons. The Hall–Kier alpha value is -1.42. The molecule has 16 heavy (non-hydrogen) atoms. The van der Waals surface area contributed by atoms with E-state index in [0.717, 1.165) is 18.5 Å². The van der Waals surface area contributed by atoms with Crippen molar-refractivity contribution < 1.29 is 4.79 Å². The van der Waals surface area contributed by atoms with Gasteiger partial charge in [0.1, 0.15) is 0 Å². The third kappa shape index (κ3) is 2.79. The zero-order valence-corrected chi connectivity index (χ0v) is 9.28. The van der Waals surface area contributed by atoms with Crippen LogP contribution in [0.25, 0.3) is 0 Å². The number of amides is 1. The van der Waals surface area contributed by atoms with E-state index in [9.17, 15) is 4.79 Å². The number of carbonyl (C=O) groups is 1. The number of rotatable bonds is 5. The molecule has 1 aliphatic carbocycles. The monoisotopic (exact) mass is 219 g/mol. The van der Waals surface area contributed by atoms with Gasteiger partial charge in [-0.25, -0.2) is 0 Å². The average molecular weight is 219 g/mol. The van der Waals surface area contributed by atoms with Gasteiger partial charge < -0.3 is 11.1 Å². The van der Waals surface area contributed by atoms with Gasteiger partial charge in [0.05, 0.1) is 6.42 Å². The van der Waals surface area contributed by atoms with Crippen molar-refractivity contribution in [2.24, 2.45) is 11.1 Å². The van der Waals surface area contributed by atoms with Crippen LogP contribution in [0, 0.1) is 5.41 Å². The van der Waals surface area contributed by atoms with Gasteiger partial charge in [0.25, 0.3) is 0 Å². The van der Waals surface area contributed by atoms with Crippen LogP contribution in [0.1, 0.15) is 18.5 Å². The lowest BCUT2D eigenvalue weighted by molar-refractivity contribution is -0.120. The Kier molecular flexibility index (Phi) is 3.19. The van der Waals surface area contributed by atoms with Crippen LogP contribution in [0.2, 0.25) is 0 Å². The molecule has 0 aliphatic heterocycles. The number of nitrogens with two attached hydrogens (primary N) is 1. The minimum absolute atomic E-state index is 0.0263. The molecule has 1 saturated carbocycles. The van der Waals surface area contributed by atoms with Gasteiger partial charge in [-0.3, -0.25) is 9.78 Å². The Morgan fingerprint density at radius 3 is 2.88 bits per heavy atom. The Labute approximate surface area is 95.3 Å². The van der Waals surface area contributed by atoms with Gasteiger partial charge in [-0.05, 0) is 36.9 Å². The van der Waals surface area contributed by atoms with Crippen LogP contribution in [0.4, 0.5) is 0 Å². The van der Waals surface area contributed by atoms with Crippen molar-refractivity contribution in [1.82, 2.24) is 10.3 Å². The number of nitrogens with one attached hydrogen (secondary N) is 1. The van der Waals surface area contributed by atoms with E-state index >= 15 is 0 Å². The van der Waals surface area contributed by atoms with Gasteiger partial charge in [-0.15, -0.1) is 0 Å².